The first-order valence-electron chi connectivity index (χ1n) is 10.1. The number of ether oxygens (including phenoxy) is 1. The lowest BCUT2D eigenvalue weighted by atomic mass is 9.45. The third kappa shape index (κ3) is 3.39. The summed E-state index contributed by atoms with van der Waals surface area (Å²) < 4.78 is 5.00. The summed E-state index contributed by atoms with van der Waals surface area (Å²) in [5, 5.41) is 32.0. The molecule has 0 aromatic heterocycles. The number of aliphatic hydroxyl groups excluding tert-OH is 2. The Morgan fingerprint density at radius 3 is 2.71 bits per heavy atom. The molecule has 0 saturated heterocycles. The van der Waals surface area contributed by atoms with Crippen LogP contribution in [0.5, 0.6) is 0 Å². The number of allylic oxidation sites excluding steroid dienone is 1. The van der Waals surface area contributed by atoms with Gasteiger partial charge in [-0.25, -0.2) is 4.79 Å². The first-order chi connectivity index (χ1) is 13.1. The third-order valence-electron chi connectivity index (χ3n) is 7.78. The van der Waals surface area contributed by atoms with E-state index in [9.17, 15) is 25.1 Å². The van der Waals surface area contributed by atoms with Crippen molar-refractivity contribution in [3.63, 3.8) is 0 Å². The Hall–Kier alpha value is -1.73. The molecule has 2 N–H and O–H groups in total. The van der Waals surface area contributed by atoms with Crippen molar-refractivity contribution in [3.8, 4) is 0 Å². The van der Waals surface area contributed by atoms with E-state index in [1.165, 1.54) is 0 Å². The Bertz CT molecular complexity index is 703. The van der Waals surface area contributed by atoms with Gasteiger partial charge in [0.15, 0.2) is 0 Å². The lowest BCUT2D eigenvalue weighted by Crippen LogP contribution is -2.57. The second-order valence-electron chi connectivity index (χ2n) is 9.23. The van der Waals surface area contributed by atoms with E-state index in [2.05, 4.69) is 13.5 Å². The number of carbonyl (C=O) groups excluding carboxylic acids is 1. The molecule has 0 bridgehead atoms. The number of hydrogen-bond donors (Lipinski definition) is 2. The van der Waals surface area contributed by atoms with E-state index in [0.717, 1.165) is 24.8 Å². The van der Waals surface area contributed by atoms with Crippen LogP contribution in [-0.2, 0) is 9.53 Å². The average molecular weight is 393 g/mol. The zero-order chi connectivity index (χ0) is 20.7. The fourth-order valence-electron chi connectivity index (χ4n) is 6.11. The van der Waals surface area contributed by atoms with Crippen molar-refractivity contribution >= 4 is 5.97 Å². The summed E-state index contributed by atoms with van der Waals surface area (Å²) in [4.78, 5) is 23.0. The summed E-state index contributed by atoms with van der Waals surface area (Å²) in [7, 11) is 0. The Kier molecular flexibility index (Phi) is 5.69. The summed E-state index contributed by atoms with van der Waals surface area (Å²) >= 11 is 0. The van der Waals surface area contributed by atoms with Gasteiger partial charge in [0.2, 0.25) is 6.54 Å². The van der Waals surface area contributed by atoms with E-state index >= 15 is 0 Å². The highest BCUT2D eigenvalue weighted by Crippen LogP contribution is 2.62. The number of nitrogens with zero attached hydrogens (tertiary/aromatic N) is 1. The van der Waals surface area contributed by atoms with Crippen LogP contribution >= 0.6 is 0 Å². The minimum Gasteiger partial charge on any atom is -0.458 e. The van der Waals surface area contributed by atoms with Gasteiger partial charge in [0.1, 0.15) is 6.61 Å². The van der Waals surface area contributed by atoms with Gasteiger partial charge in [-0.3, -0.25) is 10.1 Å². The molecular weight excluding hydrogens is 362 g/mol. The van der Waals surface area contributed by atoms with E-state index in [0.29, 0.717) is 18.4 Å². The van der Waals surface area contributed by atoms with Crippen molar-refractivity contribution in [2.75, 3.05) is 19.8 Å². The molecule has 1 unspecified atom stereocenters. The van der Waals surface area contributed by atoms with Gasteiger partial charge in [-0.05, 0) is 55.4 Å². The number of carbonyl (C=O) groups is 1. The topological polar surface area (TPSA) is 110 Å². The average Bonchev–Trinajstić information content (AvgIpc) is 3.06. The van der Waals surface area contributed by atoms with Gasteiger partial charge >= 0.3 is 5.97 Å². The smallest absolute Gasteiger partial charge is 0.334 e. The Balaban J connectivity index is 1.93. The van der Waals surface area contributed by atoms with Crippen LogP contribution in [0.3, 0.4) is 0 Å². The predicted molar refractivity (Wildman–Crippen MR) is 103 cm³/mol. The van der Waals surface area contributed by atoms with Crippen LogP contribution in [0, 0.1) is 38.7 Å². The highest BCUT2D eigenvalue weighted by molar-refractivity contribution is 5.91. The molecule has 3 aliphatic rings. The quantitative estimate of drug-likeness (QED) is 0.310. The van der Waals surface area contributed by atoms with Gasteiger partial charge in [-0.15, -0.1) is 0 Å². The van der Waals surface area contributed by atoms with Crippen molar-refractivity contribution in [1.29, 1.82) is 0 Å². The van der Waals surface area contributed by atoms with Crippen molar-refractivity contribution in [3.05, 3.63) is 33.9 Å². The molecular formula is C21H31NO6. The molecule has 1 heterocycles. The van der Waals surface area contributed by atoms with Gasteiger partial charge in [0.25, 0.3) is 0 Å². The van der Waals surface area contributed by atoms with Crippen LogP contribution in [0.15, 0.2) is 23.8 Å². The maximum atomic E-state index is 12.1. The highest BCUT2D eigenvalue weighted by Gasteiger charge is 2.58. The largest absolute Gasteiger partial charge is 0.458 e. The molecule has 0 radical (unpaired) electrons. The molecule has 28 heavy (non-hydrogen) atoms. The summed E-state index contributed by atoms with van der Waals surface area (Å²) in [5.41, 5.74) is 0.617. The van der Waals surface area contributed by atoms with E-state index in [1.54, 1.807) is 6.08 Å². The summed E-state index contributed by atoms with van der Waals surface area (Å²) in [5.74, 6) is -0.905. The number of fused-ring (bicyclic) bond motifs is 1. The molecule has 6 atom stereocenters. The molecule has 156 valence electrons. The second-order valence-corrected chi connectivity index (χ2v) is 9.23. The minimum atomic E-state index is -0.601. The van der Waals surface area contributed by atoms with E-state index in [-0.39, 0.29) is 41.9 Å². The van der Waals surface area contributed by atoms with Crippen LogP contribution in [0.1, 0.15) is 46.0 Å². The summed E-state index contributed by atoms with van der Waals surface area (Å²) in [6.07, 6.45) is 4.51. The molecule has 7 heteroatoms. The summed E-state index contributed by atoms with van der Waals surface area (Å²) in [6.45, 7) is 8.14. The second kappa shape index (κ2) is 7.59. The molecule has 2 saturated carbocycles. The van der Waals surface area contributed by atoms with Crippen molar-refractivity contribution in [2.45, 2.75) is 52.1 Å². The van der Waals surface area contributed by atoms with Gasteiger partial charge in [-0.2, -0.15) is 0 Å². The normalized spacial score (nSPS) is 39.1. The fourth-order valence-corrected chi connectivity index (χ4v) is 6.11. The van der Waals surface area contributed by atoms with Crippen LogP contribution in [-0.4, -0.2) is 47.0 Å². The molecule has 2 aliphatic carbocycles. The van der Waals surface area contributed by atoms with Gasteiger partial charge < -0.3 is 14.9 Å². The van der Waals surface area contributed by atoms with Crippen LogP contribution in [0.2, 0.25) is 0 Å². The number of nitro groups is 1. The first kappa shape index (κ1) is 21.0. The molecule has 0 aromatic rings. The number of hydrogen-bond acceptors (Lipinski definition) is 6. The molecule has 3 rings (SSSR count). The first-order valence-corrected chi connectivity index (χ1v) is 10.1. The standard InChI is InChI=1S/C21H31NO6/c1-13-4-5-17-20(2,8-6-18(24)21(17,3)12-23)16(13)10-14(11-22(26)27)15-7-9-28-19(15)25/h7,14,16-18,23-24H,1,4-6,8-12H2,2-3H3/t14?,16-,17+,18-,20+,21+/m1/s1. The monoisotopic (exact) mass is 393 g/mol. The van der Waals surface area contributed by atoms with Crippen LogP contribution < -0.4 is 0 Å². The number of esters is 1. The highest BCUT2D eigenvalue weighted by atomic mass is 16.6. The number of cyclic esters (lactones) is 1. The maximum Gasteiger partial charge on any atom is 0.334 e. The molecule has 1 aliphatic heterocycles. The van der Waals surface area contributed by atoms with Crippen molar-refractivity contribution in [1.82, 2.24) is 0 Å². The van der Waals surface area contributed by atoms with Gasteiger partial charge in [0.05, 0.1) is 18.6 Å². The van der Waals surface area contributed by atoms with E-state index in [1.807, 2.05) is 6.92 Å². The lowest BCUT2D eigenvalue weighted by molar-refractivity contribution is -0.486. The van der Waals surface area contributed by atoms with E-state index < -0.39 is 23.4 Å². The van der Waals surface area contributed by atoms with E-state index in [4.69, 9.17) is 4.74 Å². The Morgan fingerprint density at radius 1 is 1.43 bits per heavy atom. The van der Waals surface area contributed by atoms with Crippen LogP contribution in [0.4, 0.5) is 0 Å². The summed E-state index contributed by atoms with van der Waals surface area (Å²) in [6, 6.07) is 0. The minimum absolute atomic E-state index is 0.0103. The Labute approximate surface area is 165 Å². The molecule has 0 spiro atoms. The zero-order valence-electron chi connectivity index (χ0n) is 16.7. The maximum absolute atomic E-state index is 12.1. The number of rotatable bonds is 6. The Morgan fingerprint density at radius 2 is 2.14 bits per heavy atom. The molecule has 2 fully saturated rings. The zero-order valence-corrected chi connectivity index (χ0v) is 16.7. The number of aliphatic hydroxyl groups is 2. The predicted octanol–water partition coefficient (Wildman–Crippen LogP) is 2.49. The van der Waals surface area contributed by atoms with Crippen molar-refractivity contribution < 1.29 is 24.7 Å². The molecule has 0 amide bonds. The molecule has 0 aromatic carbocycles. The third-order valence-corrected chi connectivity index (χ3v) is 7.78. The fraction of sp³-hybridized carbons (Fsp3) is 0.762. The molecule has 7 nitrogen and oxygen atoms in total. The van der Waals surface area contributed by atoms with Gasteiger partial charge in [-0.1, -0.05) is 26.0 Å². The SMILES string of the molecule is C=C1CC[C@@H]2[C@](C)(CO)[C@H](O)CC[C@@]2(C)[C@@H]1CC(C[N+](=O)[O-])C1=CCOC1=O. The van der Waals surface area contributed by atoms with Crippen molar-refractivity contribution in [2.24, 2.45) is 28.6 Å². The van der Waals surface area contributed by atoms with Gasteiger partial charge in [0, 0.05) is 15.9 Å². The lowest BCUT2D eigenvalue weighted by Gasteiger charge is -2.60. The van der Waals surface area contributed by atoms with Crippen LogP contribution in [0.25, 0.3) is 0 Å².